The van der Waals surface area contributed by atoms with Crippen LogP contribution in [-0.2, 0) is 6.42 Å². The van der Waals surface area contributed by atoms with Crippen LogP contribution in [0.5, 0.6) is 0 Å². The second-order valence-corrected chi connectivity index (χ2v) is 6.60. The van der Waals surface area contributed by atoms with Gasteiger partial charge in [0.2, 0.25) is 0 Å². The third-order valence-electron chi connectivity index (χ3n) is 5.12. The Labute approximate surface area is 154 Å². The number of fused-ring (bicyclic) bond motifs is 3. The number of nitrogens with two attached hydrogens (primary N) is 1. The summed E-state index contributed by atoms with van der Waals surface area (Å²) in [7, 11) is 1.80. The fraction of sp³-hybridized carbons (Fsp3) is 0.125. The average Bonchev–Trinajstić information content (AvgIpc) is 3.01. The monoisotopic (exact) mass is 338 g/mol. The molecule has 0 atom stereocenters. The van der Waals surface area contributed by atoms with Gasteiger partial charge in [0, 0.05) is 13.0 Å². The van der Waals surface area contributed by atoms with Crippen molar-refractivity contribution in [2.45, 2.75) is 12.3 Å². The topological polar surface area (TPSA) is 38.4 Å². The second kappa shape index (κ2) is 7.01. The van der Waals surface area contributed by atoms with Crippen LogP contribution in [0.3, 0.4) is 0 Å². The van der Waals surface area contributed by atoms with Crippen LogP contribution in [-0.4, -0.2) is 12.8 Å². The maximum atomic E-state index is 5.56. The SMILES string of the molecule is CN=C(C=CN)c1cccc(CC2c3ccccc3-c3ccccc32)c1. The Morgan fingerprint density at radius 2 is 1.58 bits per heavy atom. The van der Waals surface area contributed by atoms with Gasteiger partial charge < -0.3 is 5.73 Å². The van der Waals surface area contributed by atoms with E-state index < -0.39 is 0 Å². The van der Waals surface area contributed by atoms with E-state index in [0.717, 1.165) is 17.7 Å². The fourth-order valence-electron chi connectivity index (χ4n) is 3.96. The van der Waals surface area contributed by atoms with Crippen molar-refractivity contribution in [1.82, 2.24) is 0 Å². The van der Waals surface area contributed by atoms with Crippen LogP contribution >= 0.6 is 0 Å². The number of aliphatic imine (C=N–C) groups is 1. The molecule has 0 unspecified atom stereocenters. The van der Waals surface area contributed by atoms with Gasteiger partial charge >= 0.3 is 0 Å². The van der Waals surface area contributed by atoms with Crippen molar-refractivity contribution >= 4 is 5.71 Å². The van der Waals surface area contributed by atoms with E-state index in [4.69, 9.17) is 5.73 Å². The Balaban J connectivity index is 1.72. The molecule has 0 aliphatic heterocycles. The maximum Gasteiger partial charge on any atom is 0.0657 e. The van der Waals surface area contributed by atoms with Crippen molar-refractivity contribution in [1.29, 1.82) is 0 Å². The summed E-state index contributed by atoms with van der Waals surface area (Å²) < 4.78 is 0. The van der Waals surface area contributed by atoms with E-state index in [1.807, 2.05) is 6.08 Å². The molecular formula is C24H22N2. The van der Waals surface area contributed by atoms with Crippen molar-refractivity contribution in [3.8, 4) is 11.1 Å². The first-order chi connectivity index (χ1) is 12.8. The Bertz CT molecular complexity index is 953. The molecule has 1 aliphatic carbocycles. The highest BCUT2D eigenvalue weighted by atomic mass is 14.7. The highest BCUT2D eigenvalue weighted by molar-refractivity contribution is 6.08. The van der Waals surface area contributed by atoms with Crippen LogP contribution in [0.4, 0.5) is 0 Å². The van der Waals surface area contributed by atoms with Crippen LogP contribution in [0.2, 0.25) is 0 Å². The summed E-state index contributed by atoms with van der Waals surface area (Å²) in [4.78, 5) is 4.34. The van der Waals surface area contributed by atoms with E-state index in [1.165, 1.54) is 27.8 Å². The third kappa shape index (κ3) is 2.84. The molecule has 26 heavy (non-hydrogen) atoms. The molecule has 2 N–H and O–H groups in total. The van der Waals surface area contributed by atoms with Gasteiger partial charge in [0.15, 0.2) is 0 Å². The normalized spacial score (nSPS) is 13.8. The number of rotatable bonds is 4. The highest BCUT2D eigenvalue weighted by Crippen LogP contribution is 2.45. The largest absolute Gasteiger partial charge is 0.405 e. The van der Waals surface area contributed by atoms with Crippen molar-refractivity contribution in [2.75, 3.05) is 7.05 Å². The molecule has 0 saturated heterocycles. The summed E-state index contributed by atoms with van der Waals surface area (Å²) >= 11 is 0. The smallest absolute Gasteiger partial charge is 0.0657 e. The van der Waals surface area contributed by atoms with Gasteiger partial charge in [-0.15, -0.1) is 0 Å². The molecule has 0 heterocycles. The zero-order valence-electron chi connectivity index (χ0n) is 14.9. The lowest BCUT2D eigenvalue weighted by Gasteiger charge is -2.14. The van der Waals surface area contributed by atoms with Crippen molar-refractivity contribution in [3.05, 3.63) is 107 Å². The van der Waals surface area contributed by atoms with E-state index in [0.29, 0.717) is 5.92 Å². The van der Waals surface area contributed by atoms with Gasteiger partial charge in [0.1, 0.15) is 0 Å². The van der Waals surface area contributed by atoms with Crippen molar-refractivity contribution < 1.29 is 0 Å². The number of hydrogen-bond donors (Lipinski definition) is 1. The van der Waals surface area contributed by atoms with Gasteiger partial charge in [-0.3, -0.25) is 4.99 Å². The molecule has 3 aromatic rings. The number of benzene rings is 3. The predicted octanol–water partition coefficient (Wildman–Crippen LogP) is 4.93. The average molecular weight is 338 g/mol. The number of hydrogen-bond acceptors (Lipinski definition) is 2. The summed E-state index contributed by atoms with van der Waals surface area (Å²) in [5.74, 6) is 0.393. The lowest BCUT2D eigenvalue weighted by molar-refractivity contribution is 0.827. The Morgan fingerprint density at radius 3 is 2.19 bits per heavy atom. The molecule has 2 nitrogen and oxygen atoms in total. The molecular weight excluding hydrogens is 316 g/mol. The molecule has 3 aromatic carbocycles. The lowest BCUT2D eigenvalue weighted by atomic mass is 9.89. The molecule has 0 amide bonds. The van der Waals surface area contributed by atoms with E-state index in [2.05, 4.69) is 77.8 Å². The Hall–Kier alpha value is -3.13. The van der Waals surface area contributed by atoms with Crippen LogP contribution < -0.4 is 5.73 Å². The zero-order valence-corrected chi connectivity index (χ0v) is 14.9. The molecule has 0 saturated carbocycles. The first kappa shape index (κ1) is 16.3. The minimum atomic E-state index is 0.393. The summed E-state index contributed by atoms with van der Waals surface area (Å²) in [5.41, 5.74) is 14.5. The number of nitrogens with zero attached hydrogens (tertiary/aromatic N) is 1. The molecule has 128 valence electrons. The van der Waals surface area contributed by atoms with E-state index in [-0.39, 0.29) is 0 Å². The molecule has 0 spiro atoms. The lowest BCUT2D eigenvalue weighted by Crippen LogP contribution is -2.04. The van der Waals surface area contributed by atoms with Gasteiger partial charge in [-0.2, -0.15) is 0 Å². The Kier molecular flexibility index (Phi) is 4.40. The van der Waals surface area contributed by atoms with Crippen LogP contribution in [0.15, 0.2) is 90.1 Å². The first-order valence-corrected chi connectivity index (χ1v) is 8.94. The van der Waals surface area contributed by atoms with E-state index in [9.17, 15) is 0 Å². The van der Waals surface area contributed by atoms with Crippen LogP contribution in [0, 0.1) is 0 Å². The molecule has 0 radical (unpaired) electrons. The third-order valence-corrected chi connectivity index (χ3v) is 5.12. The molecule has 1 aliphatic rings. The van der Waals surface area contributed by atoms with Gasteiger partial charge in [-0.1, -0.05) is 66.7 Å². The fourth-order valence-corrected chi connectivity index (χ4v) is 3.96. The van der Waals surface area contributed by atoms with E-state index in [1.54, 1.807) is 13.2 Å². The first-order valence-electron chi connectivity index (χ1n) is 8.94. The number of allylic oxidation sites excluding steroid dienone is 1. The highest BCUT2D eigenvalue weighted by Gasteiger charge is 2.27. The van der Waals surface area contributed by atoms with Crippen molar-refractivity contribution in [2.24, 2.45) is 10.7 Å². The minimum absolute atomic E-state index is 0.393. The zero-order chi connectivity index (χ0) is 17.9. The van der Waals surface area contributed by atoms with E-state index >= 15 is 0 Å². The molecule has 4 rings (SSSR count). The molecule has 0 bridgehead atoms. The van der Waals surface area contributed by atoms with Gasteiger partial charge in [0.05, 0.1) is 5.71 Å². The molecule has 2 heteroatoms. The molecule has 0 aromatic heterocycles. The van der Waals surface area contributed by atoms with Gasteiger partial charge in [0.25, 0.3) is 0 Å². The minimum Gasteiger partial charge on any atom is -0.405 e. The molecule has 0 fully saturated rings. The summed E-state index contributed by atoms with van der Waals surface area (Å²) in [6.07, 6.45) is 4.36. The predicted molar refractivity (Wildman–Crippen MR) is 110 cm³/mol. The summed E-state index contributed by atoms with van der Waals surface area (Å²) in [5, 5.41) is 0. The van der Waals surface area contributed by atoms with Gasteiger partial charge in [-0.05, 0) is 58.1 Å². The standard InChI is InChI=1S/C24H22N2/c1-26-24(13-14-25)18-8-6-7-17(15-18)16-23-21-11-4-2-9-19(21)20-10-3-5-12-22(20)23/h2-15,23H,16,25H2,1H3. The van der Waals surface area contributed by atoms with Crippen molar-refractivity contribution in [3.63, 3.8) is 0 Å². The Morgan fingerprint density at radius 1 is 0.923 bits per heavy atom. The quantitative estimate of drug-likeness (QED) is 0.673. The van der Waals surface area contributed by atoms with Crippen LogP contribution in [0.25, 0.3) is 11.1 Å². The maximum absolute atomic E-state index is 5.56. The summed E-state index contributed by atoms with van der Waals surface area (Å²) in [6, 6.07) is 26.2. The van der Waals surface area contributed by atoms with Crippen LogP contribution in [0.1, 0.15) is 28.2 Å². The summed E-state index contributed by atoms with van der Waals surface area (Å²) in [6.45, 7) is 0. The second-order valence-electron chi connectivity index (χ2n) is 6.60. The van der Waals surface area contributed by atoms with Gasteiger partial charge in [-0.25, -0.2) is 0 Å².